The zero-order chi connectivity index (χ0) is 14.3. The highest BCUT2D eigenvalue weighted by Gasteiger charge is 2.18. The average Bonchev–Trinajstić information content (AvgIpc) is 2.37. The molecule has 0 bridgehead atoms. The van der Waals surface area contributed by atoms with Gasteiger partial charge in [-0.1, -0.05) is 40.0 Å². The lowest BCUT2D eigenvalue weighted by molar-refractivity contribution is 0.0697. The third-order valence-electron chi connectivity index (χ3n) is 3.27. The van der Waals surface area contributed by atoms with Gasteiger partial charge in [0.2, 0.25) is 0 Å². The van der Waals surface area contributed by atoms with E-state index in [1.165, 1.54) is 31.5 Å². The van der Waals surface area contributed by atoms with Gasteiger partial charge in [-0.05, 0) is 17.9 Å². The minimum atomic E-state index is -0.923. The summed E-state index contributed by atoms with van der Waals surface area (Å²) in [5.74, 6) is -0.923. The van der Waals surface area contributed by atoms with Crippen LogP contribution in [0.5, 0.6) is 0 Å². The fraction of sp³-hybridized carbons (Fsp3) is 0.600. The minimum Gasteiger partial charge on any atom is -0.478 e. The van der Waals surface area contributed by atoms with Gasteiger partial charge < -0.3 is 10.4 Å². The highest BCUT2D eigenvalue weighted by molar-refractivity contribution is 5.93. The Bertz CT molecular complexity index is 416. The minimum absolute atomic E-state index is 0.154. The Labute approximate surface area is 115 Å². The molecule has 0 unspecified atom stereocenters. The summed E-state index contributed by atoms with van der Waals surface area (Å²) in [6.45, 7) is 7.35. The van der Waals surface area contributed by atoms with E-state index in [1.807, 2.05) is 0 Å². The highest BCUT2D eigenvalue weighted by atomic mass is 16.4. The van der Waals surface area contributed by atoms with Crippen molar-refractivity contribution in [3.63, 3.8) is 0 Å². The molecular formula is C15H24N2O2. The summed E-state index contributed by atoms with van der Waals surface area (Å²) in [6, 6.07) is 1.52. The van der Waals surface area contributed by atoms with Crippen LogP contribution in [-0.4, -0.2) is 22.6 Å². The van der Waals surface area contributed by atoms with Crippen molar-refractivity contribution in [2.24, 2.45) is 5.41 Å². The Hall–Kier alpha value is -1.58. The van der Waals surface area contributed by atoms with Crippen molar-refractivity contribution in [1.82, 2.24) is 4.98 Å². The van der Waals surface area contributed by atoms with Crippen LogP contribution in [0.1, 0.15) is 56.8 Å². The number of carboxylic acid groups (broad SMARTS) is 1. The molecule has 0 fully saturated rings. The number of rotatable bonds is 8. The Kier molecular flexibility index (Phi) is 5.80. The zero-order valence-corrected chi connectivity index (χ0v) is 12.1. The van der Waals surface area contributed by atoms with Crippen molar-refractivity contribution < 1.29 is 9.90 Å². The van der Waals surface area contributed by atoms with Crippen LogP contribution >= 0.6 is 0 Å². The van der Waals surface area contributed by atoms with E-state index >= 15 is 0 Å². The molecule has 0 spiro atoms. The van der Waals surface area contributed by atoms with Crippen molar-refractivity contribution in [2.75, 3.05) is 11.9 Å². The fourth-order valence-electron chi connectivity index (χ4n) is 2.00. The quantitative estimate of drug-likeness (QED) is 0.701. The van der Waals surface area contributed by atoms with Gasteiger partial charge in [-0.15, -0.1) is 0 Å². The summed E-state index contributed by atoms with van der Waals surface area (Å²) in [5, 5.41) is 12.3. The third kappa shape index (κ3) is 5.28. The average molecular weight is 264 g/mol. The van der Waals surface area contributed by atoms with E-state index in [0.717, 1.165) is 13.0 Å². The fourth-order valence-corrected chi connectivity index (χ4v) is 2.00. The van der Waals surface area contributed by atoms with E-state index in [1.54, 1.807) is 6.20 Å². The second-order valence-corrected chi connectivity index (χ2v) is 5.70. The standard InChI is InChI=1S/C15H24N2O2/c1-4-5-6-8-15(2,3)11-17-13-10-16-9-7-12(13)14(18)19/h7,9-10,17H,4-6,8,11H2,1-3H3,(H,18,19). The van der Waals surface area contributed by atoms with E-state index < -0.39 is 5.97 Å². The van der Waals surface area contributed by atoms with Gasteiger partial charge in [-0.3, -0.25) is 4.98 Å². The summed E-state index contributed by atoms with van der Waals surface area (Å²) in [6.07, 6.45) is 7.89. The van der Waals surface area contributed by atoms with Crippen molar-refractivity contribution in [2.45, 2.75) is 46.5 Å². The van der Waals surface area contributed by atoms with Crippen LogP contribution in [0.2, 0.25) is 0 Å². The van der Waals surface area contributed by atoms with Gasteiger partial charge in [-0.2, -0.15) is 0 Å². The number of anilines is 1. The Balaban J connectivity index is 2.58. The monoisotopic (exact) mass is 264 g/mol. The first-order chi connectivity index (χ1) is 8.96. The lowest BCUT2D eigenvalue weighted by Crippen LogP contribution is -2.24. The van der Waals surface area contributed by atoms with E-state index in [-0.39, 0.29) is 11.0 Å². The number of hydrogen-bond donors (Lipinski definition) is 2. The maximum Gasteiger partial charge on any atom is 0.337 e. The summed E-state index contributed by atoms with van der Waals surface area (Å²) in [5.41, 5.74) is 1.03. The summed E-state index contributed by atoms with van der Waals surface area (Å²) in [4.78, 5) is 15.1. The first-order valence-corrected chi connectivity index (χ1v) is 6.87. The van der Waals surface area contributed by atoms with Crippen LogP contribution in [-0.2, 0) is 0 Å². The molecule has 1 rings (SSSR count). The number of nitrogens with one attached hydrogen (secondary N) is 1. The number of aromatic nitrogens is 1. The molecule has 4 heteroatoms. The highest BCUT2D eigenvalue weighted by Crippen LogP contribution is 2.25. The Morgan fingerprint density at radius 2 is 2.16 bits per heavy atom. The van der Waals surface area contributed by atoms with Crippen molar-refractivity contribution in [1.29, 1.82) is 0 Å². The van der Waals surface area contributed by atoms with Crippen LogP contribution in [0.25, 0.3) is 0 Å². The van der Waals surface area contributed by atoms with E-state index in [4.69, 9.17) is 5.11 Å². The number of aromatic carboxylic acids is 1. The summed E-state index contributed by atoms with van der Waals surface area (Å²) < 4.78 is 0. The van der Waals surface area contributed by atoms with Gasteiger partial charge >= 0.3 is 5.97 Å². The molecule has 1 aromatic heterocycles. The smallest absolute Gasteiger partial charge is 0.337 e. The molecule has 0 aliphatic carbocycles. The lowest BCUT2D eigenvalue weighted by atomic mass is 9.87. The number of unbranched alkanes of at least 4 members (excludes halogenated alkanes) is 2. The Morgan fingerprint density at radius 1 is 1.42 bits per heavy atom. The molecule has 0 atom stereocenters. The van der Waals surface area contributed by atoms with Gasteiger partial charge in [0, 0.05) is 12.7 Å². The second-order valence-electron chi connectivity index (χ2n) is 5.70. The molecule has 4 nitrogen and oxygen atoms in total. The first kappa shape index (κ1) is 15.5. The lowest BCUT2D eigenvalue weighted by Gasteiger charge is -2.25. The molecule has 19 heavy (non-hydrogen) atoms. The van der Waals surface area contributed by atoms with Crippen molar-refractivity contribution in [3.8, 4) is 0 Å². The number of nitrogens with zero attached hydrogens (tertiary/aromatic N) is 1. The van der Waals surface area contributed by atoms with Crippen LogP contribution in [0.3, 0.4) is 0 Å². The molecule has 2 N–H and O–H groups in total. The molecule has 0 saturated heterocycles. The molecular weight excluding hydrogens is 240 g/mol. The first-order valence-electron chi connectivity index (χ1n) is 6.87. The van der Waals surface area contributed by atoms with Gasteiger partial charge in [-0.25, -0.2) is 4.79 Å². The SMILES string of the molecule is CCCCCC(C)(C)CNc1cnccc1C(=O)O. The molecule has 0 aliphatic heterocycles. The number of pyridine rings is 1. The van der Waals surface area contributed by atoms with E-state index in [0.29, 0.717) is 5.69 Å². The zero-order valence-electron chi connectivity index (χ0n) is 12.1. The molecule has 1 heterocycles. The van der Waals surface area contributed by atoms with Crippen molar-refractivity contribution in [3.05, 3.63) is 24.0 Å². The molecule has 0 aliphatic rings. The third-order valence-corrected chi connectivity index (χ3v) is 3.27. The number of hydrogen-bond acceptors (Lipinski definition) is 3. The topological polar surface area (TPSA) is 62.2 Å². The van der Waals surface area contributed by atoms with E-state index in [2.05, 4.69) is 31.1 Å². The van der Waals surface area contributed by atoms with E-state index in [9.17, 15) is 4.79 Å². The molecule has 1 aromatic rings. The largest absolute Gasteiger partial charge is 0.478 e. The van der Waals surface area contributed by atoms with Crippen LogP contribution in [0.15, 0.2) is 18.5 Å². The number of carboxylic acids is 1. The van der Waals surface area contributed by atoms with Crippen molar-refractivity contribution >= 4 is 11.7 Å². The van der Waals surface area contributed by atoms with Gasteiger partial charge in [0.1, 0.15) is 0 Å². The molecule has 0 saturated carbocycles. The summed E-state index contributed by atoms with van der Waals surface area (Å²) >= 11 is 0. The maximum absolute atomic E-state index is 11.1. The normalized spacial score (nSPS) is 11.3. The molecule has 0 aromatic carbocycles. The van der Waals surface area contributed by atoms with Gasteiger partial charge in [0.25, 0.3) is 0 Å². The molecule has 0 amide bonds. The van der Waals surface area contributed by atoms with Gasteiger partial charge in [0.15, 0.2) is 0 Å². The van der Waals surface area contributed by atoms with Crippen LogP contribution in [0, 0.1) is 5.41 Å². The Morgan fingerprint density at radius 3 is 2.79 bits per heavy atom. The van der Waals surface area contributed by atoms with Gasteiger partial charge in [0.05, 0.1) is 17.4 Å². The second kappa shape index (κ2) is 7.12. The van der Waals surface area contributed by atoms with Crippen LogP contribution < -0.4 is 5.32 Å². The summed E-state index contributed by atoms with van der Waals surface area (Å²) in [7, 11) is 0. The molecule has 106 valence electrons. The van der Waals surface area contributed by atoms with Crippen LogP contribution in [0.4, 0.5) is 5.69 Å². The molecule has 0 radical (unpaired) electrons. The predicted molar refractivity (Wildman–Crippen MR) is 77.6 cm³/mol. The predicted octanol–water partition coefficient (Wildman–Crippen LogP) is 3.80. The number of carbonyl (C=O) groups is 1. The maximum atomic E-state index is 11.1.